The molecule has 19 heavy (non-hydrogen) atoms. The molecule has 0 spiro atoms. The van der Waals surface area contributed by atoms with E-state index in [1.165, 1.54) is 17.4 Å². The second kappa shape index (κ2) is 5.22. The van der Waals surface area contributed by atoms with E-state index in [2.05, 4.69) is 6.92 Å². The zero-order valence-electron chi connectivity index (χ0n) is 11.0. The van der Waals surface area contributed by atoms with E-state index < -0.39 is 10.0 Å². The average molecular weight is 302 g/mol. The average Bonchev–Trinajstić information content (AvgIpc) is 2.92. The van der Waals surface area contributed by atoms with Gasteiger partial charge in [0.1, 0.15) is 0 Å². The lowest BCUT2D eigenvalue weighted by Gasteiger charge is -2.22. The molecule has 2 heterocycles. The second-order valence-corrected chi connectivity index (χ2v) is 7.57. The molecule has 1 amide bonds. The minimum absolute atomic E-state index is 0.0631. The molecule has 0 bridgehead atoms. The third-order valence-corrected chi connectivity index (χ3v) is 5.70. The van der Waals surface area contributed by atoms with Crippen LogP contribution < -0.4 is 5.14 Å². The van der Waals surface area contributed by atoms with Gasteiger partial charge in [-0.2, -0.15) is 0 Å². The number of primary sulfonamides is 1. The molecule has 0 aromatic carbocycles. The molecule has 1 aliphatic rings. The number of nitrogens with zero attached hydrogens (tertiary/aromatic N) is 1. The highest BCUT2D eigenvalue weighted by Crippen LogP contribution is 2.29. The Morgan fingerprint density at radius 2 is 2.26 bits per heavy atom. The molecule has 1 unspecified atom stereocenters. The Balaban J connectivity index is 2.30. The maximum Gasteiger partial charge on any atom is 0.264 e. The summed E-state index contributed by atoms with van der Waals surface area (Å²) in [6.07, 6.45) is 2.96. The quantitative estimate of drug-likeness (QED) is 0.923. The van der Waals surface area contributed by atoms with Gasteiger partial charge in [0, 0.05) is 17.5 Å². The SMILES string of the molecule is CCC1CCCN1C(=O)c1cc(S(N)(=O)=O)c(C)s1. The molecule has 1 aliphatic heterocycles. The Hall–Kier alpha value is -0.920. The van der Waals surface area contributed by atoms with Crippen LogP contribution in [0.25, 0.3) is 0 Å². The summed E-state index contributed by atoms with van der Waals surface area (Å²) in [7, 11) is -3.75. The minimum Gasteiger partial charge on any atom is -0.335 e. The van der Waals surface area contributed by atoms with Gasteiger partial charge in [0.05, 0.1) is 9.77 Å². The summed E-state index contributed by atoms with van der Waals surface area (Å²) in [6.45, 7) is 4.48. The molecule has 1 saturated heterocycles. The summed E-state index contributed by atoms with van der Waals surface area (Å²) in [5.74, 6) is -0.0765. The Morgan fingerprint density at radius 1 is 1.58 bits per heavy atom. The first-order chi connectivity index (χ1) is 8.84. The van der Waals surface area contributed by atoms with Crippen LogP contribution in [0.4, 0.5) is 0 Å². The number of thiophene rings is 1. The maximum absolute atomic E-state index is 12.4. The van der Waals surface area contributed by atoms with Crippen LogP contribution in [-0.4, -0.2) is 31.8 Å². The first-order valence-corrected chi connectivity index (χ1v) is 8.65. The lowest BCUT2D eigenvalue weighted by atomic mass is 10.2. The molecule has 1 aromatic rings. The third-order valence-electron chi connectivity index (χ3n) is 3.50. The van der Waals surface area contributed by atoms with Gasteiger partial charge in [-0.15, -0.1) is 11.3 Å². The van der Waals surface area contributed by atoms with E-state index >= 15 is 0 Å². The summed E-state index contributed by atoms with van der Waals surface area (Å²) in [5.41, 5.74) is 0. The van der Waals surface area contributed by atoms with Crippen LogP contribution in [0.1, 0.15) is 40.7 Å². The number of carbonyl (C=O) groups excluding carboxylic acids is 1. The number of hydrogen-bond acceptors (Lipinski definition) is 4. The highest BCUT2D eigenvalue weighted by molar-refractivity contribution is 7.89. The maximum atomic E-state index is 12.4. The van der Waals surface area contributed by atoms with Gasteiger partial charge >= 0.3 is 0 Å². The number of amides is 1. The van der Waals surface area contributed by atoms with E-state index in [1.54, 1.807) is 6.92 Å². The molecule has 106 valence electrons. The van der Waals surface area contributed by atoms with E-state index in [-0.39, 0.29) is 16.8 Å². The molecule has 0 radical (unpaired) electrons. The van der Waals surface area contributed by atoms with Gasteiger partial charge in [-0.3, -0.25) is 4.79 Å². The molecule has 2 N–H and O–H groups in total. The highest BCUT2D eigenvalue weighted by Gasteiger charge is 2.30. The van der Waals surface area contributed by atoms with Crippen LogP contribution in [0.2, 0.25) is 0 Å². The van der Waals surface area contributed by atoms with Crippen molar-refractivity contribution in [2.75, 3.05) is 6.54 Å². The molecule has 0 saturated carbocycles. The predicted molar refractivity (Wildman–Crippen MR) is 74.8 cm³/mol. The largest absolute Gasteiger partial charge is 0.335 e. The van der Waals surface area contributed by atoms with Gasteiger partial charge < -0.3 is 4.90 Å². The lowest BCUT2D eigenvalue weighted by Crippen LogP contribution is -2.34. The summed E-state index contributed by atoms with van der Waals surface area (Å²) in [5, 5.41) is 5.13. The molecule has 0 aliphatic carbocycles. The lowest BCUT2D eigenvalue weighted by molar-refractivity contribution is 0.0738. The number of sulfonamides is 1. The number of carbonyl (C=O) groups is 1. The number of hydrogen-bond donors (Lipinski definition) is 1. The summed E-state index contributed by atoms with van der Waals surface area (Å²) < 4.78 is 22.8. The van der Waals surface area contributed by atoms with Crippen LogP contribution in [0.5, 0.6) is 0 Å². The standard InChI is InChI=1S/C12H18N2O3S2/c1-3-9-5-4-6-14(9)12(15)10-7-11(8(2)18-10)19(13,16)17/h7,9H,3-6H2,1-2H3,(H2,13,16,17). The fourth-order valence-corrected chi connectivity index (χ4v) is 4.62. The van der Waals surface area contributed by atoms with E-state index in [9.17, 15) is 13.2 Å². The van der Waals surface area contributed by atoms with Crippen molar-refractivity contribution in [2.24, 2.45) is 5.14 Å². The fraction of sp³-hybridized carbons (Fsp3) is 0.583. The van der Waals surface area contributed by atoms with Crippen LogP contribution in [0, 0.1) is 6.92 Å². The van der Waals surface area contributed by atoms with Crippen LogP contribution in [0.15, 0.2) is 11.0 Å². The predicted octanol–water partition coefficient (Wildman–Crippen LogP) is 1.72. The van der Waals surface area contributed by atoms with Crippen LogP contribution in [-0.2, 0) is 10.0 Å². The van der Waals surface area contributed by atoms with Crippen molar-refractivity contribution in [1.82, 2.24) is 4.90 Å². The zero-order chi connectivity index (χ0) is 14.2. The summed E-state index contributed by atoms with van der Waals surface area (Å²) >= 11 is 1.20. The minimum atomic E-state index is -3.75. The number of nitrogens with two attached hydrogens (primary N) is 1. The molecule has 1 fully saturated rings. The molecule has 1 aromatic heterocycles. The van der Waals surface area contributed by atoms with Crippen molar-refractivity contribution in [3.8, 4) is 0 Å². The van der Waals surface area contributed by atoms with Crippen molar-refractivity contribution in [3.05, 3.63) is 15.8 Å². The number of rotatable bonds is 3. The van der Waals surface area contributed by atoms with Crippen molar-refractivity contribution in [3.63, 3.8) is 0 Å². The number of likely N-dealkylation sites (tertiary alicyclic amines) is 1. The molecule has 1 atom stereocenters. The van der Waals surface area contributed by atoms with Gasteiger partial charge in [-0.25, -0.2) is 13.6 Å². The zero-order valence-corrected chi connectivity index (χ0v) is 12.7. The van der Waals surface area contributed by atoms with E-state index in [4.69, 9.17) is 5.14 Å². The van der Waals surface area contributed by atoms with Crippen molar-refractivity contribution in [2.45, 2.75) is 44.0 Å². The Labute approximate surface area is 117 Å². The van der Waals surface area contributed by atoms with Gasteiger partial charge in [0.15, 0.2) is 0 Å². The second-order valence-electron chi connectivity index (χ2n) is 4.78. The summed E-state index contributed by atoms with van der Waals surface area (Å²) in [6, 6.07) is 1.68. The molecule has 5 nitrogen and oxygen atoms in total. The van der Waals surface area contributed by atoms with Crippen LogP contribution in [0.3, 0.4) is 0 Å². The first-order valence-electron chi connectivity index (χ1n) is 6.28. The Bertz CT molecular complexity index is 592. The topological polar surface area (TPSA) is 80.5 Å². The van der Waals surface area contributed by atoms with Gasteiger partial charge in [-0.1, -0.05) is 6.92 Å². The molecular weight excluding hydrogens is 284 g/mol. The molecular formula is C12H18N2O3S2. The van der Waals surface area contributed by atoms with Crippen molar-refractivity contribution in [1.29, 1.82) is 0 Å². The number of aryl methyl sites for hydroxylation is 1. The summed E-state index contributed by atoms with van der Waals surface area (Å²) in [4.78, 5) is 15.3. The third kappa shape index (κ3) is 2.82. The monoisotopic (exact) mass is 302 g/mol. The first kappa shape index (κ1) is 14.5. The molecule has 2 rings (SSSR count). The van der Waals surface area contributed by atoms with E-state index in [0.29, 0.717) is 9.75 Å². The Kier molecular flexibility index (Phi) is 3.98. The van der Waals surface area contributed by atoms with Crippen molar-refractivity contribution < 1.29 is 13.2 Å². The smallest absolute Gasteiger partial charge is 0.264 e. The highest BCUT2D eigenvalue weighted by atomic mass is 32.2. The van der Waals surface area contributed by atoms with E-state index in [1.807, 2.05) is 4.90 Å². The van der Waals surface area contributed by atoms with E-state index in [0.717, 1.165) is 25.8 Å². The van der Waals surface area contributed by atoms with Crippen molar-refractivity contribution >= 4 is 27.3 Å². The van der Waals surface area contributed by atoms with Crippen LogP contribution >= 0.6 is 11.3 Å². The Morgan fingerprint density at radius 3 is 2.79 bits per heavy atom. The fourth-order valence-electron chi connectivity index (χ4n) is 2.52. The normalized spacial score (nSPS) is 19.9. The molecule has 7 heteroatoms. The van der Waals surface area contributed by atoms with Gasteiger partial charge in [0.2, 0.25) is 10.0 Å². The van der Waals surface area contributed by atoms with Gasteiger partial charge in [0.25, 0.3) is 5.91 Å². The van der Waals surface area contributed by atoms with Gasteiger partial charge in [-0.05, 0) is 32.3 Å².